The molecule has 0 aliphatic rings. The number of carbonyl (C=O) groups excluding carboxylic acids is 1. The molecule has 1 heterocycles. The van der Waals surface area contributed by atoms with Crippen molar-refractivity contribution in [3.05, 3.63) is 47.0 Å². The minimum Gasteiger partial charge on any atom is -0.342 e. The van der Waals surface area contributed by atoms with E-state index in [4.69, 9.17) is 0 Å². The number of aryl methyl sites for hydroxylation is 1. The maximum atomic E-state index is 12.8. The fourth-order valence-corrected chi connectivity index (χ4v) is 4.19. The molecule has 0 bridgehead atoms. The van der Waals surface area contributed by atoms with E-state index < -0.39 is 0 Å². The van der Waals surface area contributed by atoms with E-state index in [0.29, 0.717) is 0 Å². The molecule has 1 amide bonds. The van der Waals surface area contributed by atoms with E-state index in [-0.39, 0.29) is 11.2 Å². The zero-order valence-electron chi connectivity index (χ0n) is 12.6. The number of thioether (sulfide) groups is 1. The van der Waals surface area contributed by atoms with Gasteiger partial charge < -0.3 is 4.90 Å². The van der Waals surface area contributed by atoms with Gasteiger partial charge >= 0.3 is 0 Å². The molecular weight excluding hydrogens is 300 g/mol. The molecule has 1 atom stereocenters. The molecule has 0 saturated carbocycles. The number of hydrogen-bond acceptors (Lipinski definition) is 4. The first-order valence-corrected chi connectivity index (χ1v) is 8.84. The number of likely N-dealkylation sites (N-methyl/N-ethyl adjacent to an activating group) is 1. The van der Waals surface area contributed by atoms with Crippen molar-refractivity contribution in [1.29, 1.82) is 0 Å². The second-order valence-electron chi connectivity index (χ2n) is 4.67. The molecule has 1 unspecified atom stereocenters. The van der Waals surface area contributed by atoms with Crippen molar-refractivity contribution in [1.82, 2.24) is 9.88 Å². The molecule has 21 heavy (non-hydrogen) atoms. The fourth-order valence-electron chi connectivity index (χ4n) is 2.08. The molecule has 112 valence electrons. The van der Waals surface area contributed by atoms with E-state index >= 15 is 0 Å². The summed E-state index contributed by atoms with van der Waals surface area (Å²) in [6.07, 6.45) is 0. The Bertz CT molecular complexity index is 579. The molecular formula is C16H20N2OS2. The Balaban J connectivity index is 2.28. The number of rotatable bonds is 6. The van der Waals surface area contributed by atoms with E-state index in [1.807, 2.05) is 61.4 Å². The lowest BCUT2D eigenvalue weighted by atomic mass is 10.1. The largest absolute Gasteiger partial charge is 0.342 e. The molecule has 5 heteroatoms. The van der Waals surface area contributed by atoms with Gasteiger partial charge in [-0.3, -0.25) is 4.79 Å². The van der Waals surface area contributed by atoms with E-state index in [1.54, 1.807) is 23.1 Å². The first-order valence-electron chi connectivity index (χ1n) is 7.08. The maximum absolute atomic E-state index is 12.8. The van der Waals surface area contributed by atoms with Crippen LogP contribution in [-0.4, -0.2) is 28.9 Å². The Kier molecular flexibility index (Phi) is 5.82. The number of benzene rings is 1. The summed E-state index contributed by atoms with van der Waals surface area (Å²) in [5, 5.41) is 1.79. The number of aromatic nitrogens is 1. The van der Waals surface area contributed by atoms with Crippen molar-refractivity contribution in [2.75, 3.05) is 13.1 Å². The van der Waals surface area contributed by atoms with E-state index in [2.05, 4.69) is 4.98 Å². The standard InChI is InChI=1S/C16H20N2OS2/c1-4-18(5-2)15(19)14(13-9-7-6-8-10-13)21-16-17-12(3)11-20-16/h6-11,14H,4-5H2,1-3H3. The topological polar surface area (TPSA) is 33.2 Å². The summed E-state index contributed by atoms with van der Waals surface area (Å²) in [7, 11) is 0. The molecule has 0 radical (unpaired) electrons. The lowest BCUT2D eigenvalue weighted by molar-refractivity contribution is -0.130. The molecule has 0 N–H and O–H groups in total. The SMILES string of the molecule is CCN(CC)C(=O)C(Sc1nc(C)cs1)c1ccccc1. The number of amides is 1. The van der Waals surface area contributed by atoms with Crippen LogP contribution in [0.3, 0.4) is 0 Å². The minimum absolute atomic E-state index is 0.157. The monoisotopic (exact) mass is 320 g/mol. The summed E-state index contributed by atoms with van der Waals surface area (Å²) in [5.74, 6) is 0.157. The van der Waals surface area contributed by atoms with E-state index in [9.17, 15) is 4.79 Å². The van der Waals surface area contributed by atoms with Crippen LogP contribution >= 0.6 is 23.1 Å². The number of nitrogens with zero attached hydrogens (tertiary/aromatic N) is 2. The summed E-state index contributed by atoms with van der Waals surface area (Å²) in [5.41, 5.74) is 2.04. The van der Waals surface area contributed by atoms with Crippen molar-refractivity contribution in [3.63, 3.8) is 0 Å². The quantitative estimate of drug-likeness (QED) is 0.750. The highest BCUT2D eigenvalue weighted by atomic mass is 32.2. The van der Waals surface area contributed by atoms with Gasteiger partial charge in [-0.2, -0.15) is 0 Å². The van der Waals surface area contributed by atoms with Gasteiger partial charge in [-0.15, -0.1) is 11.3 Å². The number of carbonyl (C=O) groups is 1. The molecule has 2 aromatic rings. The third-order valence-corrected chi connectivity index (χ3v) is 5.55. The first kappa shape index (κ1) is 16.0. The van der Waals surface area contributed by atoms with Crippen LogP contribution in [0.2, 0.25) is 0 Å². The normalized spacial score (nSPS) is 12.1. The summed E-state index contributed by atoms with van der Waals surface area (Å²) in [4.78, 5) is 19.2. The van der Waals surface area contributed by atoms with Gasteiger partial charge in [-0.1, -0.05) is 42.1 Å². The van der Waals surface area contributed by atoms with Gasteiger partial charge in [0.25, 0.3) is 0 Å². The Morgan fingerprint density at radius 3 is 2.48 bits per heavy atom. The van der Waals surface area contributed by atoms with E-state index in [0.717, 1.165) is 28.7 Å². The first-order chi connectivity index (χ1) is 10.2. The zero-order valence-corrected chi connectivity index (χ0v) is 14.2. The van der Waals surface area contributed by atoms with Crippen molar-refractivity contribution in [3.8, 4) is 0 Å². The van der Waals surface area contributed by atoms with Gasteiger partial charge in [-0.25, -0.2) is 4.98 Å². The summed E-state index contributed by atoms with van der Waals surface area (Å²) in [6.45, 7) is 7.47. The number of hydrogen-bond donors (Lipinski definition) is 0. The van der Waals surface area contributed by atoms with Crippen molar-refractivity contribution >= 4 is 29.0 Å². The molecule has 3 nitrogen and oxygen atoms in total. The summed E-state index contributed by atoms with van der Waals surface area (Å²) in [6, 6.07) is 9.96. The lowest BCUT2D eigenvalue weighted by Crippen LogP contribution is -2.33. The van der Waals surface area contributed by atoms with Crippen LogP contribution in [0.15, 0.2) is 40.1 Å². The van der Waals surface area contributed by atoms with Crippen LogP contribution in [0.1, 0.15) is 30.4 Å². The fraction of sp³-hybridized carbons (Fsp3) is 0.375. The summed E-state index contributed by atoms with van der Waals surface area (Å²) < 4.78 is 0.946. The van der Waals surface area contributed by atoms with Crippen molar-refractivity contribution in [2.24, 2.45) is 0 Å². The highest BCUT2D eigenvalue weighted by molar-refractivity contribution is 8.01. The van der Waals surface area contributed by atoms with Gasteiger partial charge in [0.15, 0.2) is 4.34 Å². The minimum atomic E-state index is -0.225. The Labute approximate surface area is 134 Å². The van der Waals surface area contributed by atoms with Crippen LogP contribution in [0.25, 0.3) is 0 Å². The Morgan fingerprint density at radius 2 is 1.95 bits per heavy atom. The van der Waals surface area contributed by atoms with Crippen molar-refractivity contribution in [2.45, 2.75) is 30.4 Å². The molecule has 0 aliphatic carbocycles. The average Bonchev–Trinajstić information content (AvgIpc) is 2.92. The van der Waals surface area contributed by atoms with Gasteiger partial charge in [0.05, 0.1) is 0 Å². The molecule has 0 saturated heterocycles. The van der Waals surface area contributed by atoms with Gasteiger partial charge in [-0.05, 0) is 26.3 Å². The van der Waals surface area contributed by atoms with Crippen LogP contribution in [-0.2, 0) is 4.79 Å². The van der Waals surface area contributed by atoms with Crippen LogP contribution < -0.4 is 0 Å². The Hall–Kier alpha value is -1.33. The maximum Gasteiger partial charge on any atom is 0.240 e. The summed E-state index contributed by atoms with van der Waals surface area (Å²) >= 11 is 3.14. The molecule has 0 fully saturated rings. The second-order valence-corrected chi connectivity index (χ2v) is 6.88. The highest BCUT2D eigenvalue weighted by Gasteiger charge is 2.26. The third kappa shape index (κ3) is 4.08. The van der Waals surface area contributed by atoms with E-state index in [1.165, 1.54) is 0 Å². The lowest BCUT2D eigenvalue weighted by Gasteiger charge is -2.24. The molecule has 2 rings (SSSR count). The molecule has 1 aromatic carbocycles. The van der Waals surface area contributed by atoms with Gasteiger partial charge in [0.1, 0.15) is 5.25 Å². The van der Waals surface area contributed by atoms with Gasteiger partial charge in [0, 0.05) is 24.2 Å². The van der Waals surface area contributed by atoms with Gasteiger partial charge in [0.2, 0.25) is 5.91 Å². The predicted molar refractivity (Wildman–Crippen MR) is 89.8 cm³/mol. The van der Waals surface area contributed by atoms with Crippen LogP contribution in [0.4, 0.5) is 0 Å². The van der Waals surface area contributed by atoms with Crippen LogP contribution in [0.5, 0.6) is 0 Å². The van der Waals surface area contributed by atoms with Crippen molar-refractivity contribution < 1.29 is 4.79 Å². The molecule has 0 spiro atoms. The second kappa shape index (κ2) is 7.61. The zero-order chi connectivity index (χ0) is 15.2. The highest BCUT2D eigenvalue weighted by Crippen LogP contribution is 2.38. The van der Waals surface area contributed by atoms with Crippen LogP contribution in [0, 0.1) is 6.92 Å². The predicted octanol–water partition coefficient (Wildman–Crippen LogP) is 4.15. The smallest absolute Gasteiger partial charge is 0.240 e. The average molecular weight is 320 g/mol. The Morgan fingerprint density at radius 1 is 1.29 bits per heavy atom. The molecule has 1 aromatic heterocycles. The molecule has 0 aliphatic heterocycles. The third-order valence-electron chi connectivity index (χ3n) is 3.22. The number of thiazole rings is 1.